The van der Waals surface area contributed by atoms with Gasteiger partial charge in [0.15, 0.2) is 6.10 Å². The molecule has 0 saturated carbocycles. The summed E-state index contributed by atoms with van der Waals surface area (Å²) in [4.78, 5) is 42.1. The van der Waals surface area contributed by atoms with Crippen molar-refractivity contribution in [2.75, 3.05) is 24.6 Å². The van der Waals surface area contributed by atoms with Crippen LogP contribution < -0.4 is 15.0 Å². The molecular formula is C40H50N2O10. The number of ether oxygens (including phenoxy) is 4. The summed E-state index contributed by atoms with van der Waals surface area (Å²) >= 11 is 0. The van der Waals surface area contributed by atoms with Gasteiger partial charge in [-0.1, -0.05) is 68.4 Å². The van der Waals surface area contributed by atoms with Gasteiger partial charge in [-0.05, 0) is 73.4 Å². The number of hydrogen-bond acceptors (Lipinski definition) is 11. The summed E-state index contributed by atoms with van der Waals surface area (Å²) in [7, 11) is 0. The van der Waals surface area contributed by atoms with E-state index in [9.17, 15) is 29.7 Å². The highest BCUT2D eigenvalue weighted by molar-refractivity contribution is 5.93. The first kappa shape index (κ1) is 38.7. The highest BCUT2D eigenvalue weighted by Gasteiger charge is 2.49. The van der Waals surface area contributed by atoms with E-state index in [1.54, 1.807) is 49.4 Å². The number of anilines is 1. The Bertz CT molecular complexity index is 1640. The summed E-state index contributed by atoms with van der Waals surface area (Å²) in [5, 5.41) is 34.8. The van der Waals surface area contributed by atoms with Gasteiger partial charge in [-0.3, -0.25) is 4.79 Å². The smallest absolute Gasteiger partial charge is 0.344 e. The molecule has 3 aromatic carbocycles. The maximum absolute atomic E-state index is 13.5. The molecule has 0 aliphatic carbocycles. The fourth-order valence-electron chi connectivity index (χ4n) is 6.61. The predicted octanol–water partition coefficient (Wildman–Crippen LogP) is 4.23. The monoisotopic (exact) mass is 718 g/mol. The van der Waals surface area contributed by atoms with Gasteiger partial charge in [0.1, 0.15) is 36.2 Å². The Kier molecular flexibility index (Phi) is 13.6. The van der Waals surface area contributed by atoms with E-state index in [-0.39, 0.29) is 42.9 Å². The lowest BCUT2D eigenvalue weighted by atomic mass is 9.94. The summed E-state index contributed by atoms with van der Waals surface area (Å²) in [5.41, 5.74) is 3.50. The van der Waals surface area contributed by atoms with Gasteiger partial charge in [-0.2, -0.15) is 0 Å². The van der Waals surface area contributed by atoms with Gasteiger partial charge >= 0.3 is 11.9 Å². The minimum absolute atomic E-state index is 0.0250. The molecule has 1 amide bonds. The SMILES string of the molecule is CCOc1cc(CC(=O)N[C@@H](CC(C)C)c2ccccc2N2CCCCC2)ccc1C(=O)O[C@@H]1OC(C(=O)OCc2ccccc2)[C@@H](O)C(O)C1O. The number of nitrogens with zero attached hydrogens (tertiary/aromatic N) is 1. The van der Waals surface area contributed by atoms with E-state index in [4.69, 9.17) is 18.9 Å². The first-order chi connectivity index (χ1) is 25.0. The van der Waals surface area contributed by atoms with Crippen LogP contribution in [0.5, 0.6) is 5.75 Å². The number of carbonyl (C=O) groups is 3. The summed E-state index contributed by atoms with van der Waals surface area (Å²) in [5.74, 6) is -1.70. The molecule has 280 valence electrons. The molecule has 0 aromatic heterocycles. The summed E-state index contributed by atoms with van der Waals surface area (Å²) in [6, 6.07) is 21.5. The summed E-state index contributed by atoms with van der Waals surface area (Å²) in [6.45, 7) is 8.06. The van der Waals surface area contributed by atoms with E-state index in [1.165, 1.54) is 12.5 Å². The summed E-state index contributed by atoms with van der Waals surface area (Å²) in [6.07, 6.45) is -4.83. The van der Waals surface area contributed by atoms with Crippen LogP contribution in [0.4, 0.5) is 5.69 Å². The fraction of sp³-hybridized carbons (Fsp3) is 0.475. The van der Waals surface area contributed by atoms with E-state index >= 15 is 0 Å². The van der Waals surface area contributed by atoms with Crippen molar-refractivity contribution in [3.63, 3.8) is 0 Å². The third-order valence-electron chi connectivity index (χ3n) is 9.23. The van der Waals surface area contributed by atoms with Crippen LogP contribution in [-0.4, -0.2) is 83.6 Å². The second-order valence-electron chi connectivity index (χ2n) is 13.7. The molecule has 52 heavy (non-hydrogen) atoms. The molecule has 12 nitrogen and oxygen atoms in total. The van der Waals surface area contributed by atoms with Gasteiger partial charge in [0, 0.05) is 18.8 Å². The van der Waals surface area contributed by atoms with Crippen LogP contribution in [0.25, 0.3) is 0 Å². The van der Waals surface area contributed by atoms with Gasteiger partial charge in [0.05, 0.1) is 19.1 Å². The lowest BCUT2D eigenvalue weighted by Crippen LogP contribution is -2.60. The lowest BCUT2D eigenvalue weighted by Gasteiger charge is -2.38. The Labute approximate surface area is 304 Å². The molecular weight excluding hydrogens is 668 g/mol. The minimum Gasteiger partial charge on any atom is -0.493 e. The third kappa shape index (κ3) is 9.88. The van der Waals surface area contributed by atoms with Crippen LogP contribution in [-0.2, 0) is 36.8 Å². The molecule has 2 aliphatic rings. The van der Waals surface area contributed by atoms with Gasteiger partial charge in [0.25, 0.3) is 0 Å². The Balaban J connectivity index is 1.26. The fourth-order valence-corrected chi connectivity index (χ4v) is 6.61. The van der Waals surface area contributed by atoms with Crippen LogP contribution in [0.15, 0.2) is 72.8 Å². The van der Waals surface area contributed by atoms with E-state index in [2.05, 4.69) is 36.2 Å². The molecule has 12 heteroatoms. The number of aliphatic hydroxyl groups is 3. The van der Waals surface area contributed by atoms with Crippen molar-refractivity contribution in [1.82, 2.24) is 5.32 Å². The zero-order chi connectivity index (χ0) is 37.2. The highest BCUT2D eigenvalue weighted by atomic mass is 16.7. The molecule has 5 rings (SSSR count). The zero-order valence-corrected chi connectivity index (χ0v) is 30.0. The second kappa shape index (κ2) is 18.3. The van der Waals surface area contributed by atoms with Crippen molar-refractivity contribution in [3.8, 4) is 5.75 Å². The van der Waals surface area contributed by atoms with Gasteiger partial charge in [0.2, 0.25) is 12.2 Å². The van der Waals surface area contributed by atoms with Crippen molar-refractivity contribution in [3.05, 3.63) is 95.1 Å². The number of amides is 1. The third-order valence-corrected chi connectivity index (χ3v) is 9.23. The van der Waals surface area contributed by atoms with Crippen molar-refractivity contribution in [1.29, 1.82) is 0 Å². The molecule has 3 unspecified atom stereocenters. The lowest BCUT2D eigenvalue weighted by molar-refractivity contribution is -0.280. The normalized spacial score (nSPS) is 22.4. The van der Waals surface area contributed by atoms with Gasteiger partial charge < -0.3 is 44.5 Å². The van der Waals surface area contributed by atoms with Crippen molar-refractivity contribution in [2.24, 2.45) is 5.92 Å². The standard InChI is InChI=1S/C40H50N2O10/c1-4-49-32-22-27(23-33(43)41-30(21-25(2)3)28-15-9-10-16-31(28)42-19-11-6-12-20-42)17-18-29(32)38(47)52-40-36(46)34(44)35(45)37(51-40)39(48)50-24-26-13-7-5-8-14-26/h5,7-10,13-18,22,25,30,34-37,40,44-46H,4,6,11-12,19-21,23-24H2,1-3H3,(H,41,43)/t30-,34?,35-,36?,37?,40-/m0/s1. The topological polar surface area (TPSA) is 164 Å². The number of piperidine rings is 1. The maximum Gasteiger partial charge on any atom is 0.344 e. The number of rotatable bonds is 14. The van der Waals surface area contributed by atoms with Crippen LogP contribution >= 0.6 is 0 Å². The second-order valence-corrected chi connectivity index (χ2v) is 13.7. The van der Waals surface area contributed by atoms with Gasteiger partial charge in [-0.25, -0.2) is 9.59 Å². The summed E-state index contributed by atoms with van der Waals surface area (Å²) < 4.78 is 21.9. The van der Waals surface area contributed by atoms with Crippen LogP contribution in [0, 0.1) is 5.92 Å². The molecule has 0 spiro atoms. The molecule has 0 radical (unpaired) electrons. The Hall–Kier alpha value is -4.49. The molecule has 2 aliphatic heterocycles. The molecule has 2 saturated heterocycles. The van der Waals surface area contributed by atoms with E-state index in [1.807, 2.05) is 12.1 Å². The van der Waals surface area contributed by atoms with E-state index < -0.39 is 42.6 Å². The molecule has 6 atom stereocenters. The average molecular weight is 719 g/mol. The maximum atomic E-state index is 13.5. The number of aliphatic hydroxyl groups excluding tert-OH is 3. The number of nitrogens with one attached hydrogen (secondary N) is 1. The largest absolute Gasteiger partial charge is 0.493 e. The minimum atomic E-state index is -1.88. The zero-order valence-electron chi connectivity index (χ0n) is 30.0. The van der Waals surface area contributed by atoms with Gasteiger partial charge in [-0.15, -0.1) is 0 Å². The first-order valence-corrected chi connectivity index (χ1v) is 18.1. The number of carbonyl (C=O) groups excluding carboxylic acids is 3. The van der Waals surface area contributed by atoms with Crippen molar-refractivity contribution >= 4 is 23.5 Å². The highest BCUT2D eigenvalue weighted by Crippen LogP contribution is 2.33. The Morgan fingerprint density at radius 2 is 1.60 bits per heavy atom. The predicted molar refractivity (Wildman–Crippen MR) is 192 cm³/mol. The van der Waals surface area contributed by atoms with E-state index in [0.717, 1.165) is 43.6 Å². The molecule has 2 heterocycles. The molecule has 0 bridgehead atoms. The number of esters is 2. The first-order valence-electron chi connectivity index (χ1n) is 18.1. The quantitative estimate of drug-likeness (QED) is 0.177. The number of benzene rings is 3. The molecule has 3 aromatic rings. The number of hydrogen-bond donors (Lipinski definition) is 4. The van der Waals surface area contributed by atoms with Crippen molar-refractivity contribution in [2.45, 2.75) is 96.2 Å². The van der Waals surface area contributed by atoms with Crippen LogP contribution in [0.3, 0.4) is 0 Å². The molecule has 4 N–H and O–H groups in total. The average Bonchev–Trinajstić information content (AvgIpc) is 3.14. The molecule has 2 fully saturated rings. The van der Waals surface area contributed by atoms with Crippen molar-refractivity contribution < 1.29 is 48.7 Å². The van der Waals surface area contributed by atoms with E-state index in [0.29, 0.717) is 17.0 Å². The Morgan fingerprint density at radius 1 is 0.885 bits per heavy atom. The Morgan fingerprint density at radius 3 is 2.31 bits per heavy atom. The van der Waals surface area contributed by atoms with Crippen LogP contribution in [0.1, 0.15) is 79.5 Å². The van der Waals surface area contributed by atoms with Crippen LogP contribution in [0.2, 0.25) is 0 Å². The number of para-hydroxylation sites is 1.